The number of hydrogen-bond acceptors (Lipinski definition) is 2. The molecule has 18 heavy (non-hydrogen) atoms. The molecule has 1 aromatic carbocycles. The van der Waals surface area contributed by atoms with E-state index < -0.39 is 0 Å². The van der Waals surface area contributed by atoms with Crippen LogP contribution in [0.5, 0.6) is 0 Å². The second-order valence-corrected chi connectivity index (χ2v) is 5.10. The summed E-state index contributed by atoms with van der Waals surface area (Å²) in [5.41, 5.74) is 3.98. The van der Waals surface area contributed by atoms with Crippen molar-refractivity contribution in [2.75, 3.05) is 0 Å². The lowest BCUT2D eigenvalue weighted by molar-refractivity contribution is 0.881. The van der Waals surface area contributed by atoms with Gasteiger partial charge in [-0.05, 0) is 45.5 Å². The molecule has 94 valence electrons. The Kier molecular flexibility index (Phi) is 5.89. The van der Waals surface area contributed by atoms with Gasteiger partial charge in [0.2, 0.25) is 0 Å². The van der Waals surface area contributed by atoms with Crippen molar-refractivity contribution < 1.29 is 0 Å². The summed E-state index contributed by atoms with van der Waals surface area (Å²) in [7, 11) is 0. The average Bonchev–Trinajstić information content (AvgIpc) is 2.35. The molecule has 0 spiro atoms. The molecule has 0 saturated heterocycles. The normalized spacial score (nSPS) is 9.83. The van der Waals surface area contributed by atoms with E-state index in [1.807, 2.05) is 6.07 Å². The Balaban J connectivity index is 3.42. The van der Waals surface area contributed by atoms with Gasteiger partial charge in [-0.25, -0.2) is 0 Å². The molecule has 0 bridgehead atoms. The van der Waals surface area contributed by atoms with Crippen molar-refractivity contribution in [1.82, 2.24) is 0 Å². The first kappa shape index (κ1) is 14.7. The molecule has 3 heteroatoms. The van der Waals surface area contributed by atoms with Crippen LogP contribution < -0.4 is 0 Å². The van der Waals surface area contributed by atoms with Crippen LogP contribution in [0, 0.1) is 22.7 Å². The quantitative estimate of drug-likeness (QED) is 0.814. The maximum atomic E-state index is 9.29. The standard InChI is InChI=1S/C15H17BrN2/c1-3-5-11-9-12(7-8-17)13(6-4-2)15(16)14(11)10-18/h9H,3-7H2,1-2H3. The molecule has 0 amide bonds. The summed E-state index contributed by atoms with van der Waals surface area (Å²) >= 11 is 3.55. The van der Waals surface area contributed by atoms with E-state index in [1.54, 1.807) is 0 Å². The van der Waals surface area contributed by atoms with Crippen LogP contribution in [0.15, 0.2) is 10.5 Å². The second-order valence-electron chi connectivity index (χ2n) is 4.31. The Morgan fingerprint density at radius 2 is 1.78 bits per heavy atom. The molecule has 0 aromatic heterocycles. The molecule has 1 rings (SSSR count). The highest BCUT2D eigenvalue weighted by molar-refractivity contribution is 9.10. The molecule has 0 aliphatic heterocycles. The van der Waals surface area contributed by atoms with E-state index in [2.05, 4.69) is 41.9 Å². The smallest absolute Gasteiger partial charge is 0.101 e. The third-order valence-electron chi connectivity index (χ3n) is 2.94. The predicted octanol–water partition coefficient (Wildman–Crippen LogP) is 4.29. The van der Waals surface area contributed by atoms with Crippen LogP contribution in [-0.4, -0.2) is 0 Å². The number of rotatable bonds is 5. The number of halogens is 1. The molecule has 0 unspecified atom stereocenters. The van der Waals surface area contributed by atoms with E-state index in [1.165, 1.54) is 0 Å². The van der Waals surface area contributed by atoms with Gasteiger partial charge in [-0.15, -0.1) is 0 Å². The fourth-order valence-electron chi connectivity index (χ4n) is 2.15. The minimum atomic E-state index is 0.413. The summed E-state index contributed by atoms with van der Waals surface area (Å²) < 4.78 is 0.892. The van der Waals surface area contributed by atoms with Gasteiger partial charge in [0, 0.05) is 4.47 Å². The van der Waals surface area contributed by atoms with Crippen molar-refractivity contribution in [2.24, 2.45) is 0 Å². The van der Waals surface area contributed by atoms with Crippen molar-refractivity contribution in [3.05, 3.63) is 32.8 Å². The van der Waals surface area contributed by atoms with Crippen molar-refractivity contribution in [2.45, 2.75) is 46.0 Å². The van der Waals surface area contributed by atoms with Crippen molar-refractivity contribution in [1.29, 1.82) is 10.5 Å². The van der Waals surface area contributed by atoms with E-state index >= 15 is 0 Å². The molecule has 0 aliphatic carbocycles. The van der Waals surface area contributed by atoms with Crippen molar-refractivity contribution in [3.8, 4) is 12.1 Å². The lowest BCUT2D eigenvalue weighted by Gasteiger charge is -2.14. The third kappa shape index (κ3) is 3.12. The molecule has 0 radical (unpaired) electrons. The highest BCUT2D eigenvalue weighted by Crippen LogP contribution is 2.30. The van der Waals surface area contributed by atoms with Gasteiger partial charge < -0.3 is 0 Å². The Labute approximate surface area is 117 Å². The maximum absolute atomic E-state index is 9.29. The minimum absolute atomic E-state index is 0.413. The van der Waals surface area contributed by atoms with Crippen molar-refractivity contribution in [3.63, 3.8) is 0 Å². The molecule has 0 fully saturated rings. The Morgan fingerprint density at radius 3 is 2.28 bits per heavy atom. The summed E-state index contributed by atoms with van der Waals surface area (Å²) in [4.78, 5) is 0. The highest BCUT2D eigenvalue weighted by Gasteiger charge is 2.15. The average molecular weight is 305 g/mol. The summed E-state index contributed by atoms with van der Waals surface area (Å²) in [5, 5.41) is 18.2. The lowest BCUT2D eigenvalue weighted by Crippen LogP contribution is -2.02. The van der Waals surface area contributed by atoms with Gasteiger partial charge in [0.25, 0.3) is 0 Å². The summed E-state index contributed by atoms with van der Waals surface area (Å²) in [6.07, 6.45) is 4.20. The van der Waals surface area contributed by atoms with E-state index in [-0.39, 0.29) is 0 Å². The van der Waals surface area contributed by atoms with Gasteiger partial charge >= 0.3 is 0 Å². The molecule has 0 aliphatic rings. The van der Waals surface area contributed by atoms with E-state index in [0.717, 1.165) is 52.4 Å². The first-order chi connectivity index (χ1) is 8.69. The first-order valence-corrected chi connectivity index (χ1v) is 7.08. The van der Waals surface area contributed by atoms with Crippen LogP contribution in [0.1, 0.15) is 48.9 Å². The Hall–Kier alpha value is -1.32. The van der Waals surface area contributed by atoms with Gasteiger partial charge in [0.15, 0.2) is 0 Å². The Bertz CT molecular complexity index is 507. The minimum Gasteiger partial charge on any atom is -0.198 e. The molecule has 0 N–H and O–H groups in total. The summed E-state index contributed by atoms with van der Waals surface area (Å²) in [5.74, 6) is 0. The SMILES string of the molecule is CCCc1cc(CC#N)c(CCC)c(Br)c1C#N. The molecular formula is C15H17BrN2. The molecule has 2 nitrogen and oxygen atoms in total. The van der Waals surface area contributed by atoms with Crippen LogP contribution >= 0.6 is 15.9 Å². The summed E-state index contributed by atoms with van der Waals surface area (Å²) in [6.45, 7) is 4.20. The fourth-order valence-corrected chi connectivity index (χ4v) is 2.95. The van der Waals surface area contributed by atoms with Crippen LogP contribution in [0.4, 0.5) is 0 Å². The van der Waals surface area contributed by atoms with Gasteiger partial charge in [-0.1, -0.05) is 32.8 Å². The van der Waals surface area contributed by atoms with Crippen LogP contribution in [0.2, 0.25) is 0 Å². The fraction of sp³-hybridized carbons (Fsp3) is 0.467. The highest BCUT2D eigenvalue weighted by atomic mass is 79.9. The summed E-state index contributed by atoms with van der Waals surface area (Å²) in [6, 6.07) is 6.54. The molecule has 0 heterocycles. The third-order valence-corrected chi connectivity index (χ3v) is 3.82. The van der Waals surface area contributed by atoms with Crippen LogP contribution in [0.25, 0.3) is 0 Å². The van der Waals surface area contributed by atoms with Crippen LogP contribution in [-0.2, 0) is 19.3 Å². The molecule has 0 atom stereocenters. The Morgan fingerprint density at radius 1 is 1.11 bits per heavy atom. The lowest BCUT2D eigenvalue weighted by atomic mass is 9.93. The molecule has 0 saturated carbocycles. The monoisotopic (exact) mass is 304 g/mol. The zero-order chi connectivity index (χ0) is 13.5. The molecular weight excluding hydrogens is 288 g/mol. The number of aryl methyl sites for hydroxylation is 1. The van der Waals surface area contributed by atoms with E-state index in [9.17, 15) is 5.26 Å². The first-order valence-electron chi connectivity index (χ1n) is 6.29. The van der Waals surface area contributed by atoms with Gasteiger partial charge in [-0.2, -0.15) is 10.5 Å². The zero-order valence-corrected chi connectivity index (χ0v) is 12.5. The van der Waals surface area contributed by atoms with Gasteiger partial charge in [0.1, 0.15) is 6.07 Å². The van der Waals surface area contributed by atoms with E-state index in [0.29, 0.717) is 6.42 Å². The van der Waals surface area contributed by atoms with E-state index in [4.69, 9.17) is 5.26 Å². The van der Waals surface area contributed by atoms with Crippen molar-refractivity contribution >= 4 is 15.9 Å². The van der Waals surface area contributed by atoms with Gasteiger partial charge in [-0.3, -0.25) is 0 Å². The maximum Gasteiger partial charge on any atom is 0.101 e. The number of nitrogens with zero attached hydrogens (tertiary/aromatic N) is 2. The van der Waals surface area contributed by atoms with Gasteiger partial charge in [0.05, 0.1) is 18.1 Å². The second kappa shape index (κ2) is 7.19. The number of nitriles is 2. The molecule has 1 aromatic rings. The number of benzene rings is 1. The topological polar surface area (TPSA) is 47.6 Å². The predicted molar refractivity (Wildman–Crippen MR) is 76.2 cm³/mol. The number of hydrogen-bond donors (Lipinski definition) is 0. The largest absolute Gasteiger partial charge is 0.198 e. The zero-order valence-electron chi connectivity index (χ0n) is 10.9. The van der Waals surface area contributed by atoms with Crippen LogP contribution in [0.3, 0.4) is 0 Å².